The molecule has 0 bridgehead atoms. The molecule has 0 aliphatic heterocycles. The van der Waals surface area contributed by atoms with Crippen molar-refractivity contribution in [3.8, 4) is 0 Å². The quantitative estimate of drug-likeness (QED) is 0.0286. The SMILES string of the molecule is CCCCCCCCC(CCCCCC)C(=N)OCCCCN(CCCCO)CCCCOC(=O)C(CCCCCC)CCCCCCCC. The van der Waals surface area contributed by atoms with E-state index in [-0.39, 0.29) is 24.4 Å². The average Bonchev–Trinajstić information content (AvgIpc) is 3.12. The molecule has 6 heteroatoms. The van der Waals surface area contributed by atoms with Crippen LogP contribution in [0.3, 0.4) is 0 Å². The van der Waals surface area contributed by atoms with Gasteiger partial charge >= 0.3 is 5.97 Å². The maximum atomic E-state index is 13.0. The lowest BCUT2D eigenvalue weighted by Gasteiger charge is -2.23. The van der Waals surface area contributed by atoms with Crippen LogP contribution in [-0.2, 0) is 14.3 Å². The molecule has 0 aliphatic carbocycles. The fourth-order valence-electron chi connectivity index (χ4n) is 7.01. The minimum absolute atomic E-state index is 0.0376. The number of rotatable bonds is 40. The van der Waals surface area contributed by atoms with Crippen molar-refractivity contribution in [2.45, 2.75) is 220 Å². The van der Waals surface area contributed by atoms with Crippen molar-refractivity contribution >= 4 is 11.9 Å². The molecular weight excluding hydrogens is 620 g/mol. The van der Waals surface area contributed by atoms with E-state index in [1.54, 1.807) is 0 Å². The number of nitrogens with one attached hydrogen (secondary N) is 1. The van der Waals surface area contributed by atoms with Crippen LogP contribution >= 0.6 is 0 Å². The van der Waals surface area contributed by atoms with Crippen LogP contribution in [0.2, 0.25) is 0 Å². The molecule has 0 aromatic heterocycles. The molecular formula is C44H88N2O4. The third-order valence-corrected chi connectivity index (χ3v) is 10.5. The summed E-state index contributed by atoms with van der Waals surface area (Å²) in [6.07, 6.45) is 35.2. The van der Waals surface area contributed by atoms with Gasteiger partial charge in [0.2, 0.25) is 0 Å². The predicted octanol–water partition coefficient (Wildman–Crippen LogP) is 12.8. The fourth-order valence-corrected chi connectivity index (χ4v) is 7.01. The third-order valence-electron chi connectivity index (χ3n) is 10.5. The molecule has 2 atom stereocenters. The van der Waals surface area contributed by atoms with Crippen molar-refractivity contribution in [3.63, 3.8) is 0 Å². The highest BCUT2D eigenvalue weighted by Crippen LogP contribution is 2.22. The number of aliphatic hydroxyl groups excluding tert-OH is 1. The fraction of sp³-hybridized carbons (Fsp3) is 0.955. The Bertz CT molecular complexity index is 664. The maximum absolute atomic E-state index is 13.0. The zero-order valence-electron chi connectivity index (χ0n) is 34.2. The number of nitrogens with zero attached hydrogens (tertiary/aromatic N) is 1. The zero-order valence-corrected chi connectivity index (χ0v) is 34.2. The van der Waals surface area contributed by atoms with Crippen LogP contribution in [0.15, 0.2) is 0 Å². The molecule has 0 amide bonds. The van der Waals surface area contributed by atoms with Crippen molar-refractivity contribution in [1.29, 1.82) is 5.41 Å². The number of esters is 1. The molecule has 0 spiro atoms. The van der Waals surface area contributed by atoms with Crippen molar-refractivity contribution in [2.75, 3.05) is 39.5 Å². The van der Waals surface area contributed by atoms with Crippen molar-refractivity contribution in [1.82, 2.24) is 4.90 Å². The highest BCUT2D eigenvalue weighted by atomic mass is 16.5. The number of ether oxygens (including phenoxy) is 2. The summed E-state index contributed by atoms with van der Waals surface area (Å²) in [7, 11) is 0. The number of unbranched alkanes of at least 4 members (excludes halogenated alkanes) is 19. The van der Waals surface area contributed by atoms with Crippen LogP contribution in [0, 0.1) is 17.2 Å². The average molecular weight is 709 g/mol. The molecule has 0 fully saturated rings. The minimum Gasteiger partial charge on any atom is -0.481 e. The first kappa shape index (κ1) is 48.9. The van der Waals surface area contributed by atoms with Crippen LogP contribution < -0.4 is 0 Å². The molecule has 0 rings (SSSR count). The van der Waals surface area contributed by atoms with Crippen molar-refractivity contribution in [2.24, 2.45) is 11.8 Å². The molecule has 298 valence electrons. The molecule has 0 saturated carbocycles. The van der Waals surface area contributed by atoms with Gasteiger partial charge in [-0.25, -0.2) is 0 Å². The molecule has 2 N–H and O–H groups in total. The van der Waals surface area contributed by atoms with Crippen LogP contribution in [0.5, 0.6) is 0 Å². The smallest absolute Gasteiger partial charge is 0.308 e. The van der Waals surface area contributed by atoms with Crippen LogP contribution in [-0.4, -0.2) is 61.3 Å². The second kappa shape index (κ2) is 39.1. The highest BCUT2D eigenvalue weighted by Gasteiger charge is 2.20. The van der Waals surface area contributed by atoms with Crippen LogP contribution in [0.1, 0.15) is 220 Å². The number of carbonyl (C=O) groups excluding carboxylic acids is 1. The molecule has 0 heterocycles. The number of aliphatic hydroxyl groups is 1. The highest BCUT2D eigenvalue weighted by molar-refractivity contribution is 5.75. The Morgan fingerprint density at radius 3 is 1.28 bits per heavy atom. The standard InChI is InChI=1S/C44H88N2O4/c1-5-9-13-17-19-23-32-41(31-21-15-11-7-3)43(45)49-39-29-26-36-46(35-25-28-38-47)37-27-30-40-50-44(48)42(33-22-16-12-8-4)34-24-20-18-14-10-6-2/h41-42,45,47H,5-40H2,1-4H3. The lowest BCUT2D eigenvalue weighted by atomic mass is 9.94. The third kappa shape index (κ3) is 31.6. The number of hydrogen-bond donors (Lipinski definition) is 2. The first-order valence-electron chi connectivity index (χ1n) is 22.2. The first-order valence-corrected chi connectivity index (χ1v) is 22.2. The molecule has 2 unspecified atom stereocenters. The van der Waals surface area contributed by atoms with E-state index in [2.05, 4.69) is 32.6 Å². The Balaban J connectivity index is 4.57. The van der Waals surface area contributed by atoms with Gasteiger partial charge in [-0.2, -0.15) is 0 Å². The summed E-state index contributed by atoms with van der Waals surface area (Å²) >= 11 is 0. The van der Waals surface area contributed by atoms with Gasteiger partial charge in [0.1, 0.15) is 0 Å². The largest absolute Gasteiger partial charge is 0.481 e. The van der Waals surface area contributed by atoms with Gasteiger partial charge in [-0.15, -0.1) is 0 Å². The molecule has 0 aliphatic rings. The summed E-state index contributed by atoms with van der Waals surface area (Å²) < 4.78 is 11.9. The summed E-state index contributed by atoms with van der Waals surface area (Å²) in [6.45, 7) is 13.4. The van der Waals surface area contributed by atoms with E-state index in [4.69, 9.17) is 14.9 Å². The maximum Gasteiger partial charge on any atom is 0.308 e. The Kier molecular flexibility index (Phi) is 38.2. The molecule has 0 aromatic rings. The second-order valence-corrected chi connectivity index (χ2v) is 15.3. The van der Waals surface area contributed by atoms with E-state index in [9.17, 15) is 9.90 Å². The van der Waals surface area contributed by atoms with Gasteiger partial charge in [-0.05, 0) is 83.8 Å². The molecule has 0 radical (unpaired) electrons. The van der Waals surface area contributed by atoms with Crippen molar-refractivity contribution < 1.29 is 19.4 Å². The molecule has 0 aromatic carbocycles. The van der Waals surface area contributed by atoms with E-state index in [0.717, 1.165) is 96.7 Å². The van der Waals surface area contributed by atoms with Gasteiger partial charge in [0.25, 0.3) is 0 Å². The van der Waals surface area contributed by atoms with Gasteiger partial charge in [0.05, 0.1) is 19.1 Å². The van der Waals surface area contributed by atoms with Gasteiger partial charge in [0.15, 0.2) is 5.90 Å². The summed E-state index contributed by atoms with van der Waals surface area (Å²) in [5, 5.41) is 18.0. The first-order chi connectivity index (χ1) is 24.5. The Labute approximate surface area is 312 Å². The molecule has 50 heavy (non-hydrogen) atoms. The van der Waals surface area contributed by atoms with E-state index >= 15 is 0 Å². The van der Waals surface area contributed by atoms with E-state index in [0.29, 0.717) is 19.1 Å². The van der Waals surface area contributed by atoms with Crippen LogP contribution in [0.25, 0.3) is 0 Å². The molecule has 6 nitrogen and oxygen atoms in total. The predicted molar refractivity (Wildman–Crippen MR) is 216 cm³/mol. The Morgan fingerprint density at radius 2 is 0.840 bits per heavy atom. The van der Waals surface area contributed by atoms with E-state index in [1.807, 2.05) is 0 Å². The van der Waals surface area contributed by atoms with Gasteiger partial charge in [-0.3, -0.25) is 10.2 Å². The molecule has 0 saturated heterocycles. The van der Waals surface area contributed by atoms with Crippen LogP contribution in [0.4, 0.5) is 0 Å². The van der Waals surface area contributed by atoms with Gasteiger partial charge in [-0.1, -0.05) is 156 Å². The monoisotopic (exact) mass is 709 g/mol. The topological polar surface area (TPSA) is 82.8 Å². The number of hydrogen-bond acceptors (Lipinski definition) is 6. The summed E-state index contributed by atoms with van der Waals surface area (Å²) in [5.74, 6) is 0.924. The summed E-state index contributed by atoms with van der Waals surface area (Å²) in [6, 6.07) is 0. The zero-order chi connectivity index (χ0) is 36.8. The summed E-state index contributed by atoms with van der Waals surface area (Å²) in [4.78, 5) is 15.5. The Hall–Kier alpha value is -1.14. The lowest BCUT2D eigenvalue weighted by Crippen LogP contribution is -2.28. The number of carbonyl (C=O) groups is 1. The minimum atomic E-state index is 0.0376. The summed E-state index contributed by atoms with van der Waals surface area (Å²) in [5.41, 5.74) is 0. The van der Waals surface area contributed by atoms with E-state index < -0.39 is 0 Å². The normalized spacial score (nSPS) is 12.8. The van der Waals surface area contributed by atoms with E-state index in [1.165, 1.54) is 116 Å². The second-order valence-electron chi connectivity index (χ2n) is 15.3. The van der Waals surface area contributed by atoms with Crippen molar-refractivity contribution in [3.05, 3.63) is 0 Å². The van der Waals surface area contributed by atoms with Gasteiger partial charge in [0, 0.05) is 12.5 Å². The van der Waals surface area contributed by atoms with Gasteiger partial charge < -0.3 is 19.5 Å². The Morgan fingerprint density at radius 1 is 0.480 bits per heavy atom. The lowest BCUT2D eigenvalue weighted by molar-refractivity contribution is -0.149.